The summed E-state index contributed by atoms with van der Waals surface area (Å²) in [6.45, 7) is 2.23. The second-order valence-electron chi connectivity index (χ2n) is 5.31. The smallest absolute Gasteiger partial charge is 0.283 e. The van der Waals surface area contributed by atoms with Gasteiger partial charge >= 0.3 is 0 Å². The zero-order valence-electron chi connectivity index (χ0n) is 12.1. The van der Waals surface area contributed by atoms with Gasteiger partial charge in [0.05, 0.1) is 5.69 Å². The first-order valence-electron chi connectivity index (χ1n) is 6.81. The molecule has 0 fully saturated rings. The average Bonchev–Trinajstić information content (AvgIpc) is 2.78. The lowest BCUT2D eigenvalue weighted by Crippen LogP contribution is -2.35. The minimum Gasteiger partial charge on any atom is -0.399 e. The number of hydrogen-bond donors (Lipinski definition) is 1. The van der Waals surface area contributed by atoms with Crippen molar-refractivity contribution in [2.45, 2.75) is 24.8 Å². The summed E-state index contributed by atoms with van der Waals surface area (Å²) in [5.41, 5.74) is 8.05. The number of imidazole rings is 1. The van der Waals surface area contributed by atoms with Crippen molar-refractivity contribution in [1.29, 1.82) is 0 Å². The van der Waals surface area contributed by atoms with Gasteiger partial charge in [0.25, 0.3) is 10.0 Å². The second kappa shape index (κ2) is 4.77. The van der Waals surface area contributed by atoms with Crippen LogP contribution in [-0.2, 0) is 23.5 Å². The number of benzene rings is 1. The van der Waals surface area contributed by atoms with Crippen LogP contribution in [0.4, 0.5) is 11.4 Å². The summed E-state index contributed by atoms with van der Waals surface area (Å²) in [6, 6.07) is 5.43. The maximum Gasteiger partial charge on any atom is 0.283 e. The summed E-state index contributed by atoms with van der Waals surface area (Å²) >= 11 is 0. The van der Waals surface area contributed by atoms with E-state index in [0.29, 0.717) is 23.7 Å². The molecule has 0 amide bonds. The molecule has 0 atom stereocenters. The fraction of sp³-hybridized carbons (Fsp3) is 0.357. The summed E-state index contributed by atoms with van der Waals surface area (Å²) in [7, 11) is -1.87. The number of fused-ring (bicyclic) bond motifs is 1. The number of aryl methyl sites for hydroxylation is 3. The Labute approximate surface area is 124 Å². The highest BCUT2D eigenvalue weighted by atomic mass is 32.2. The van der Waals surface area contributed by atoms with Crippen LogP contribution in [-0.4, -0.2) is 24.5 Å². The van der Waals surface area contributed by atoms with Crippen molar-refractivity contribution in [3.63, 3.8) is 0 Å². The lowest BCUT2D eigenvalue weighted by atomic mass is 10.0. The van der Waals surface area contributed by atoms with Crippen LogP contribution in [0.3, 0.4) is 0 Å². The molecule has 2 heterocycles. The average molecular weight is 306 g/mol. The Morgan fingerprint density at radius 1 is 1.33 bits per heavy atom. The van der Waals surface area contributed by atoms with Crippen LogP contribution in [0.25, 0.3) is 0 Å². The van der Waals surface area contributed by atoms with Gasteiger partial charge in [-0.2, -0.15) is 8.42 Å². The number of aromatic nitrogens is 2. The van der Waals surface area contributed by atoms with Crippen LogP contribution in [0, 0.1) is 6.92 Å². The summed E-state index contributed by atoms with van der Waals surface area (Å²) in [4.78, 5) is 4.15. The van der Waals surface area contributed by atoms with Crippen LogP contribution < -0.4 is 10.0 Å². The zero-order chi connectivity index (χ0) is 15.2. The number of sulfonamides is 1. The lowest BCUT2D eigenvalue weighted by molar-refractivity contribution is 0.583. The van der Waals surface area contributed by atoms with Gasteiger partial charge in [0.2, 0.25) is 0 Å². The summed E-state index contributed by atoms with van der Waals surface area (Å²) in [5, 5.41) is 0.0813. The molecular formula is C14H18N4O2S. The van der Waals surface area contributed by atoms with Gasteiger partial charge in [-0.3, -0.25) is 4.31 Å². The Kier molecular flexibility index (Phi) is 3.16. The molecule has 7 heteroatoms. The third kappa shape index (κ3) is 2.27. The van der Waals surface area contributed by atoms with Crippen molar-refractivity contribution >= 4 is 21.4 Å². The van der Waals surface area contributed by atoms with E-state index < -0.39 is 10.0 Å². The number of nitrogens with zero attached hydrogens (tertiary/aromatic N) is 3. The predicted molar refractivity (Wildman–Crippen MR) is 81.7 cm³/mol. The highest BCUT2D eigenvalue weighted by molar-refractivity contribution is 7.92. The van der Waals surface area contributed by atoms with Crippen LogP contribution >= 0.6 is 0 Å². The van der Waals surface area contributed by atoms with Crippen LogP contribution in [0.1, 0.15) is 17.8 Å². The molecule has 0 aliphatic carbocycles. The monoisotopic (exact) mass is 306 g/mol. The Balaban J connectivity index is 2.11. The quantitative estimate of drug-likeness (QED) is 0.852. The predicted octanol–water partition coefficient (Wildman–Crippen LogP) is 1.45. The van der Waals surface area contributed by atoms with Crippen molar-refractivity contribution < 1.29 is 8.42 Å². The van der Waals surface area contributed by atoms with E-state index in [2.05, 4.69) is 4.98 Å². The molecule has 1 aliphatic rings. The van der Waals surface area contributed by atoms with E-state index in [9.17, 15) is 8.42 Å². The third-order valence-electron chi connectivity index (χ3n) is 3.83. The van der Waals surface area contributed by atoms with E-state index in [0.717, 1.165) is 18.4 Å². The van der Waals surface area contributed by atoms with Crippen molar-refractivity contribution in [3.8, 4) is 0 Å². The van der Waals surface area contributed by atoms with Gasteiger partial charge in [0.1, 0.15) is 5.82 Å². The number of rotatable bonds is 2. The molecule has 0 saturated heterocycles. The summed E-state index contributed by atoms with van der Waals surface area (Å²) in [6.07, 6.45) is 3.20. The maximum absolute atomic E-state index is 12.8. The van der Waals surface area contributed by atoms with Gasteiger partial charge in [-0.05, 0) is 37.5 Å². The normalized spacial score (nSPS) is 15.0. The Hall–Kier alpha value is -2.02. The van der Waals surface area contributed by atoms with E-state index in [4.69, 9.17) is 5.73 Å². The van der Waals surface area contributed by atoms with Crippen LogP contribution in [0.5, 0.6) is 0 Å². The van der Waals surface area contributed by atoms with Crippen molar-refractivity contribution in [2.75, 3.05) is 16.6 Å². The molecule has 0 saturated carbocycles. The molecular weight excluding hydrogens is 288 g/mol. The van der Waals surface area contributed by atoms with E-state index in [-0.39, 0.29) is 5.03 Å². The van der Waals surface area contributed by atoms with Crippen molar-refractivity contribution in [1.82, 2.24) is 9.55 Å². The lowest BCUT2D eigenvalue weighted by Gasteiger charge is -2.30. The summed E-state index contributed by atoms with van der Waals surface area (Å²) < 4.78 is 28.8. The SMILES string of the molecule is Cc1nc(S(=O)(=O)N2CCCc3ccc(N)cc32)cn1C. The second-order valence-corrected chi connectivity index (χ2v) is 7.12. The molecule has 112 valence electrons. The molecule has 0 spiro atoms. The van der Waals surface area contributed by atoms with Crippen LogP contribution in [0.2, 0.25) is 0 Å². The summed E-state index contributed by atoms with van der Waals surface area (Å²) in [5.74, 6) is 0.665. The van der Waals surface area contributed by atoms with Gasteiger partial charge in [0.15, 0.2) is 5.03 Å². The first-order chi connectivity index (χ1) is 9.89. The highest BCUT2D eigenvalue weighted by Gasteiger charge is 2.31. The molecule has 21 heavy (non-hydrogen) atoms. The minimum absolute atomic E-state index is 0.0813. The molecule has 6 nitrogen and oxygen atoms in total. The molecule has 1 aromatic heterocycles. The Morgan fingerprint density at radius 2 is 2.10 bits per heavy atom. The first kappa shape index (κ1) is 13.9. The van der Waals surface area contributed by atoms with Gasteiger partial charge < -0.3 is 10.3 Å². The topological polar surface area (TPSA) is 81.2 Å². The molecule has 0 radical (unpaired) electrons. The van der Waals surface area contributed by atoms with Gasteiger partial charge in [-0.25, -0.2) is 4.98 Å². The first-order valence-corrected chi connectivity index (χ1v) is 8.25. The number of nitrogen functional groups attached to an aromatic ring is 1. The Bertz CT molecular complexity index is 776. The molecule has 2 N–H and O–H groups in total. The largest absolute Gasteiger partial charge is 0.399 e. The van der Waals surface area contributed by atoms with Gasteiger partial charge in [-0.1, -0.05) is 6.07 Å². The molecule has 2 aromatic rings. The van der Waals surface area contributed by atoms with Crippen molar-refractivity contribution in [3.05, 3.63) is 35.8 Å². The highest BCUT2D eigenvalue weighted by Crippen LogP contribution is 2.33. The minimum atomic E-state index is -3.65. The van der Waals surface area contributed by atoms with E-state index in [1.165, 1.54) is 4.31 Å². The number of nitrogens with two attached hydrogens (primary N) is 1. The van der Waals surface area contributed by atoms with E-state index >= 15 is 0 Å². The fourth-order valence-corrected chi connectivity index (χ4v) is 4.13. The maximum atomic E-state index is 12.8. The molecule has 0 bridgehead atoms. The van der Waals surface area contributed by atoms with Gasteiger partial charge in [0, 0.05) is 25.5 Å². The Morgan fingerprint density at radius 3 is 2.76 bits per heavy atom. The zero-order valence-corrected chi connectivity index (χ0v) is 12.9. The van der Waals surface area contributed by atoms with E-state index in [1.807, 2.05) is 6.07 Å². The van der Waals surface area contributed by atoms with E-state index in [1.54, 1.807) is 36.9 Å². The number of anilines is 2. The molecule has 1 aliphatic heterocycles. The molecule has 1 aromatic carbocycles. The van der Waals surface area contributed by atoms with Gasteiger partial charge in [-0.15, -0.1) is 0 Å². The van der Waals surface area contributed by atoms with Crippen LogP contribution in [0.15, 0.2) is 29.4 Å². The standard InChI is InChI=1S/C14H18N4O2S/c1-10-16-14(9-17(10)2)21(19,20)18-7-3-4-11-5-6-12(15)8-13(11)18/h5-6,8-9H,3-4,7,15H2,1-2H3. The molecule has 3 rings (SSSR count). The third-order valence-corrected chi connectivity index (χ3v) is 5.51. The fourth-order valence-electron chi connectivity index (χ4n) is 2.57. The van der Waals surface area contributed by atoms with Crippen molar-refractivity contribution in [2.24, 2.45) is 7.05 Å². The number of hydrogen-bond acceptors (Lipinski definition) is 4. The molecule has 0 unspecified atom stereocenters.